The van der Waals surface area contributed by atoms with Crippen LogP contribution in [0.5, 0.6) is 0 Å². The third-order valence-electron chi connectivity index (χ3n) is 5.40. The van der Waals surface area contributed by atoms with Crippen molar-refractivity contribution in [3.8, 4) is 22.8 Å². The van der Waals surface area contributed by atoms with Gasteiger partial charge in [-0.25, -0.2) is 4.52 Å². The molecule has 1 aromatic carbocycles. The van der Waals surface area contributed by atoms with Crippen LogP contribution in [0.4, 0.5) is 13.2 Å². The summed E-state index contributed by atoms with van der Waals surface area (Å²) in [4.78, 5) is 19.3. The summed E-state index contributed by atoms with van der Waals surface area (Å²) < 4.78 is 46.0. The minimum atomic E-state index is -4.48. The minimum absolute atomic E-state index is 0. The molecule has 1 aliphatic rings. The van der Waals surface area contributed by atoms with Crippen LogP contribution in [0.1, 0.15) is 30.0 Å². The lowest BCUT2D eigenvalue weighted by Gasteiger charge is -2.23. The van der Waals surface area contributed by atoms with Gasteiger partial charge in [-0.3, -0.25) is 4.79 Å². The molecule has 3 aromatic heterocycles. The van der Waals surface area contributed by atoms with E-state index in [4.69, 9.17) is 4.52 Å². The van der Waals surface area contributed by atoms with E-state index in [1.807, 2.05) is 0 Å². The van der Waals surface area contributed by atoms with Crippen molar-refractivity contribution in [3.63, 3.8) is 0 Å². The molecule has 32 heavy (non-hydrogen) atoms. The number of benzene rings is 1. The molecule has 2 N–H and O–H groups in total. The molecule has 0 amide bonds. The fourth-order valence-electron chi connectivity index (χ4n) is 3.86. The maximum absolute atomic E-state index is 13.0. The maximum atomic E-state index is 13.0. The Hall–Kier alpha value is -3.18. The van der Waals surface area contributed by atoms with Crippen LogP contribution in [0.15, 0.2) is 45.8 Å². The van der Waals surface area contributed by atoms with Crippen molar-refractivity contribution in [2.24, 2.45) is 0 Å². The Morgan fingerprint density at radius 3 is 2.69 bits per heavy atom. The molecular formula is C20H18ClF3N6O2. The van der Waals surface area contributed by atoms with Crippen molar-refractivity contribution in [1.82, 2.24) is 30.1 Å². The summed E-state index contributed by atoms with van der Waals surface area (Å²) in [7, 11) is 0. The van der Waals surface area contributed by atoms with Crippen molar-refractivity contribution in [1.29, 1.82) is 0 Å². The number of nitrogens with zero attached hydrogens (tertiary/aromatic N) is 4. The lowest BCUT2D eigenvalue weighted by Crippen LogP contribution is -2.28. The molecular weight excluding hydrogens is 449 g/mol. The number of alkyl halides is 3. The molecule has 5 rings (SSSR count). The van der Waals surface area contributed by atoms with Crippen LogP contribution in [-0.2, 0) is 6.18 Å². The molecule has 1 saturated heterocycles. The van der Waals surface area contributed by atoms with Crippen molar-refractivity contribution in [3.05, 3.63) is 58.1 Å². The maximum Gasteiger partial charge on any atom is 0.416 e. The second-order valence-corrected chi connectivity index (χ2v) is 7.40. The van der Waals surface area contributed by atoms with Crippen molar-refractivity contribution in [2.45, 2.75) is 24.9 Å². The lowest BCUT2D eigenvalue weighted by molar-refractivity contribution is -0.137. The Balaban J connectivity index is 0.00000245. The van der Waals surface area contributed by atoms with Gasteiger partial charge >= 0.3 is 6.18 Å². The fraction of sp³-hybridized carbons (Fsp3) is 0.300. The van der Waals surface area contributed by atoms with Crippen LogP contribution in [0.2, 0.25) is 0 Å². The van der Waals surface area contributed by atoms with E-state index in [0.717, 1.165) is 43.8 Å². The summed E-state index contributed by atoms with van der Waals surface area (Å²) in [6.45, 7) is 1.72. The summed E-state index contributed by atoms with van der Waals surface area (Å²) in [6, 6.07) is 6.23. The SMILES string of the molecule is Cl.O=c1cc(C2CCNCC2)n2ncc(-c3nc(-c4cccc(C(F)(F)F)c4)no3)c2[nH]1. The summed E-state index contributed by atoms with van der Waals surface area (Å²) in [5, 5.41) is 11.5. The lowest BCUT2D eigenvalue weighted by atomic mass is 9.94. The Bertz CT molecular complexity index is 1310. The van der Waals surface area contributed by atoms with Gasteiger partial charge in [0.1, 0.15) is 11.2 Å². The van der Waals surface area contributed by atoms with Gasteiger partial charge in [-0.15, -0.1) is 12.4 Å². The molecule has 168 valence electrons. The molecule has 0 spiro atoms. The Kier molecular flexibility index (Phi) is 5.78. The zero-order chi connectivity index (χ0) is 21.6. The number of rotatable bonds is 3. The highest BCUT2D eigenvalue weighted by molar-refractivity contribution is 5.85. The number of halogens is 4. The molecule has 0 radical (unpaired) electrons. The molecule has 0 saturated carbocycles. The number of aromatic nitrogens is 5. The van der Waals surface area contributed by atoms with Gasteiger partial charge in [0, 0.05) is 17.5 Å². The van der Waals surface area contributed by atoms with E-state index in [0.29, 0.717) is 11.2 Å². The van der Waals surface area contributed by atoms with Gasteiger partial charge in [0.2, 0.25) is 5.82 Å². The second kappa shape index (κ2) is 8.40. The van der Waals surface area contributed by atoms with Gasteiger partial charge in [-0.2, -0.15) is 23.3 Å². The van der Waals surface area contributed by atoms with Crippen molar-refractivity contribution >= 4 is 18.1 Å². The molecule has 0 unspecified atom stereocenters. The van der Waals surface area contributed by atoms with Gasteiger partial charge < -0.3 is 14.8 Å². The quantitative estimate of drug-likeness (QED) is 0.478. The highest BCUT2D eigenvalue weighted by atomic mass is 35.5. The first kappa shape index (κ1) is 22.0. The van der Waals surface area contributed by atoms with Crippen LogP contribution in [0.3, 0.4) is 0 Å². The van der Waals surface area contributed by atoms with E-state index >= 15 is 0 Å². The third kappa shape index (κ3) is 4.00. The molecule has 0 bridgehead atoms. The predicted molar refractivity (Wildman–Crippen MR) is 112 cm³/mol. The molecule has 4 aromatic rings. The molecule has 4 heterocycles. The summed E-state index contributed by atoms with van der Waals surface area (Å²) >= 11 is 0. The smallest absolute Gasteiger partial charge is 0.333 e. The highest BCUT2D eigenvalue weighted by Crippen LogP contribution is 2.33. The minimum Gasteiger partial charge on any atom is -0.333 e. The van der Waals surface area contributed by atoms with Crippen LogP contribution in [-0.4, -0.2) is 37.8 Å². The molecule has 0 aliphatic carbocycles. The van der Waals surface area contributed by atoms with E-state index in [1.54, 1.807) is 10.6 Å². The molecule has 0 atom stereocenters. The van der Waals surface area contributed by atoms with E-state index in [-0.39, 0.29) is 41.2 Å². The number of piperidine rings is 1. The Morgan fingerprint density at radius 1 is 1.16 bits per heavy atom. The number of hydrogen-bond acceptors (Lipinski definition) is 6. The monoisotopic (exact) mass is 466 g/mol. The average molecular weight is 467 g/mol. The van der Waals surface area contributed by atoms with Crippen molar-refractivity contribution < 1.29 is 17.7 Å². The first-order valence-electron chi connectivity index (χ1n) is 9.73. The number of nitrogens with one attached hydrogen (secondary N) is 2. The van der Waals surface area contributed by atoms with E-state index in [1.165, 1.54) is 18.3 Å². The van der Waals surface area contributed by atoms with Gasteiger partial charge in [0.15, 0.2) is 0 Å². The Morgan fingerprint density at radius 2 is 1.94 bits per heavy atom. The van der Waals surface area contributed by atoms with E-state index in [9.17, 15) is 18.0 Å². The third-order valence-corrected chi connectivity index (χ3v) is 5.40. The normalized spacial score (nSPS) is 15.1. The molecule has 8 nitrogen and oxygen atoms in total. The molecule has 1 aliphatic heterocycles. The van der Waals surface area contributed by atoms with Gasteiger partial charge in [-0.05, 0) is 38.1 Å². The van der Waals surface area contributed by atoms with Gasteiger partial charge in [-0.1, -0.05) is 17.3 Å². The zero-order valence-electron chi connectivity index (χ0n) is 16.5. The number of fused-ring (bicyclic) bond motifs is 1. The standard InChI is InChI=1S/C20H17F3N6O2.ClH/c21-20(22,23)13-3-1-2-12(8-13)17-27-19(31-28-17)14-10-25-29-15(9-16(30)26-18(14)29)11-4-6-24-7-5-11;/h1-3,8-11,24H,4-7H2,(H,26,30);1H. The summed E-state index contributed by atoms with van der Waals surface area (Å²) in [5.74, 6) is 0.250. The number of H-pyrrole nitrogens is 1. The zero-order valence-corrected chi connectivity index (χ0v) is 17.3. The summed E-state index contributed by atoms with van der Waals surface area (Å²) in [5.41, 5.74) is 0.692. The van der Waals surface area contributed by atoms with Crippen LogP contribution in [0, 0.1) is 0 Å². The number of aromatic amines is 1. The van der Waals surface area contributed by atoms with Gasteiger partial charge in [0.25, 0.3) is 11.4 Å². The summed E-state index contributed by atoms with van der Waals surface area (Å²) in [6.07, 6.45) is -1.21. The largest absolute Gasteiger partial charge is 0.416 e. The van der Waals surface area contributed by atoms with Crippen LogP contribution >= 0.6 is 12.4 Å². The molecule has 12 heteroatoms. The van der Waals surface area contributed by atoms with Crippen molar-refractivity contribution in [2.75, 3.05) is 13.1 Å². The highest BCUT2D eigenvalue weighted by Gasteiger charge is 2.31. The predicted octanol–water partition coefficient (Wildman–Crippen LogP) is 3.65. The van der Waals surface area contributed by atoms with E-state index < -0.39 is 11.7 Å². The first-order chi connectivity index (χ1) is 14.9. The average Bonchev–Trinajstić information content (AvgIpc) is 3.40. The van der Waals surface area contributed by atoms with Gasteiger partial charge in [0.05, 0.1) is 17.5 Å². The first-order valence-corrected chi connectivity index (χ1v) is 9.73. The fourth-order valence-corrected chi connectivity index (χ4v) is 3.86. The van der Waals surface area contributed by atoms with E-state index in [2.05, 4.69) is 25.5 Å². The number of hydrogen-bond donors (Lipinski definition) is 2. The topological polar surface area (TPSA) is 101 Å². The molecule has 1 fully saturated rings. The van der Waals surface area contributed by atoms with Crippen LogP contribution in [0.25, 0.3) is 28.5 Å². The van der Waals surface area contributed by atoms with Crippen LogP contribution < -0.4 is 10.9 Å². The Labute approximate surface area is 185 Å². The second-order valence-electron chi connectivity index (χ2n) is 7.40.